The lowest BCUT2D eigenvalue weighted by atomic mass is 9.93. The molecule has 29 heavy (non-hydrogen) atoms. The molecule has 0 bridgehead atoms. The molecule has 0 spiro atoms. The Kier molecular flexibility index (Phi) is 6.00. The van der Waals surface area contributed by atoms with Crippen molar-refractivity contribution in [1.82, 2.24) is 14.9 Å². The number of hydrogen-bond acceptors (Lipinski definition) is 6. The van der Waals surface area contributed by atoms with Crippen LogP contribution in [0.15, 0.2) is 6.07 Å². The molecule has 2 saturated heterocycles. The van der Waals surface area contributed by atoms with Crippen LogP contribution in [-0.2, 0) is 9.47 Å². The van der Waals surface area contributed by atoms with Gasteiger partial charge in [-0.05, 0) is 46.5 Å². The highest BCUT2D eigenvalue weighted by Gasteiger charge is 2.38. The van der Waals surface area contributed by atoms with Crippen LogP contribution in [0.2, 0.25) is 0 Å². The smallest absolute Gasteiger partial charge is 0.415 e. The number of cyclic esters (lactones) is 1. The van der Waals surface area contributed by atoms with Crippen LogP contribution < -0.4 is 4.90 Å². The first kappa shape index (κ1) is 21.3. The summed E-state index contributed by atoms with van der Waals surface area (Å²) in [5.74, 6) is 1.71. The number of likely N-dealkylation sites (tertiary alicyclic amines) is 1. The highest BCUT2D eigenvalue weighted by atomic mass is 16.6. The van der Waals surface area contributed by atoms with Gasteiger partial charge in [0, 0.05) is 30.8 Å². The van der Waals surface area contributed by atoms with Gasteiger partial charge in [-0.25, -0.2) is 19.6 Å². The minimum atomic E-state index is -0.496. The summed E-state index contributed by atoms with van der Waals surface area (Å²) in [6.45, 7) is 13.2. The molecule has 0 aromatic carbocycles. The van der Waals surface area contributed by atoms with E-state index in [0.29, 0.717) is 31.3 Å². The van der Waals surface area contributed by atoms with Crippen LogP contribution in [0.25, 0.3) is 0 Å². The van der Waals surface area contributed by atoms with Gasteiger partial charge in [0.15, 0.2) is 0 Å². The van der Waals surface area contributed by atoms with E-state index in [9.17, 15) is 9.59 Å². The van der Waals surface area contributed by atoms with Crippen molar-refractivity contribution in [3.63, 3.8) is 0 Å². The zero-order chi connectivity index (χ0) is 21.3. The van der Waals surface area contributed by atoms with Crippen LogP contribution in [0.5, 0.6) is 0 Å². The first-order chi connectivity index (χ1) is 13.5. The molecule has 8 nitrogen and oxygen atoms in total. The summed E-state index contributed by atoms with van der Waals surface area (Å²) in [7, 11) is 0. The van der Waals surface area contributed by atoms with Crippen LogP contribution in [0.1, 0.15) is 64.9 Å². The molecule has 1 aromatic rings. The molecule has 160 valence electrons. The molecule has 3 rings (SSSR count). The first-order valence-corrected chi connectivity index (χ1v) is 10.3. The van der Waals surface area contributed by atoms with Crippen LogP contribution in [0, 0.1) is 12.8 Å². The van der Waals surface area contributed by atoms with Crippen molar-refractivity contribution in [3.05, 3.63) is 17.6 Å². The molecule has 2 amide bonds. The van der Waals surface area contributed by atoms with Crippen molar-refractivity contribution in [3.8, 4) is 0 Å². The van der Waals surface area contributed by atoms with E-state index in [4.69, 9.17) is 9.47 Å². The molecular weight excluding hydrogens is 372 g/mol. The SMILES string of the molecule is Cc1nc(C2CCN(C(=O)OC(C)(C)C)CC2)cc(N2C(=O)OCC2C(C)C)n1. The van der Waals surface area contributed by atoms with E-state index in [0.717, 1.165) is 18.5 Å². The topological polar surface area (TPSA) is 84.9 Å². The predicted octanol–water partition coefficient (Wildman–Crippen LogP) is 3.88. The number of hydrogen-bond donors (Lipinski definition) is 0. The molecule has 1 unspecified atom stereocenters. The summed E-state index contributed by atoms with van der Waals surface area (Å²) < 4.78 is 10.7. The zero-order valence-electron chi connectivity index (χ0n) is 18.3. The second kappa shape index (κ2) is 8.16. The molecule has 2 aliphatic heterocycles. The number of anilines is 1. The number of ether oxygens (including phenoxy) is 2. The number of amides is 2. The number of aromatic nitrogens is 2. The molecule has 0 saturated carbocycles. The van der Waals surface area contributed by atoms with Crippen molar-refractivity contribution < 1.29 is 19.1 Å². The van der Waals surface area contributed by atoms with Gasteiger partial charge in [-0.2, -0.15) is 0 Å². The molecular formula is C21H32N4O4. The van der Waals surface area contributed by atoms with Crippen LogP contribution in [0.3, 0.4) is 0 Å². The Bertz CT molecular complexity index is 766. The fourth-order valence-corrected chi connectivity index (χ4v) is 3.78. The summed E-state index contributed by atoms with van der Waals surface area (Å²) in [5.41, 5.74) is 0.419. The first-order valence-electron chi connectivity index (χ1n) is 10.3. The fourth-order valence-electron chi connectivity index (χ4n) is 3.78. The van der Waals surface area contributed by atoms with E-state index in [-0.39, 0.29) is 30.1 Å². The Morgan fingerprint density at radius 1 is 1.24 bits per heavy atom. The average molecular weight is 405 g/mol. The second-order valence-corrected chi connectivity index (χ2v) is 9.20. The van der Waals surface area contributed by atoms with E-state index < -0.39 is 5.60 Å². The third kappa shape index (κ3) is 4.97. The minimum absolute atomic E-state index is 0.0290. The van der Waals surface area contributed by atoms with Crippen molar-refractivity contribution >= 4 is 18.0 Å². The predicted molar refractivity (Wildman–Crippen MR) is 109 cm³/mol. The van der Waals surface area contributed by atoms with Crippen LogP contribution in [0.4, 0.5) is 15.4 Å². The van der Waals surface area contributed by atoms with Gasteiger partial charge in [0.1, 0.15) is 23.9 Å². The molecule has 2 fully saturated rings. The van der Waals surface area contributed by atoms with Crippen LogP contribution in [-0.4, -0.2) is 58.4 Å². The van der Waals surface area contributed by atoms with E-state index in [1.165, 1.54) is 0 Å². The highest BCUT2D eigenvalue weighted by molar-refractivity contribution is 5.89. The lowest BCUT2D eigenvalue weighted by Crippen LogP contribution is -2.41. The molecule has 1 aromatic heterocycles. The van der Waals surface area contributed by atoms with Crippen molar-refractivity contribution in [2.45, 2.75) is 71.9 Å². The minimum Gasteiger partial charge on any atom is -0.447 e. The largest absolute Gasteiger partial charge is 0.447 e. The third-order valence-electron chi connectivity index (χ3n) is 5.33. The van der Waals surface area contributed by atoms with E-state index in [1.54, 1.807) is 9.80 Å². The number of carbonyl (C=O) groups is 2. The molecule has 0 radical (unpaired) electrons. The van der Waals surface area contributed by atoms with Gasteiger partial charge in [0.05, 0.1) is 6.04 Å². The molecule has 2 aliphatic rings. The highest BCUT2D eigenvalue weighted by Crippen LogP contribution is 2.32. The maximum absolute atomic E-state index is 12.3. The monoisotopic (exact) mass is 404 g/mol. The maximum atomic E-state index is 12.3. The Labute approximate surface area is 172 Å². The maximum Gasteiger partial charge on any atom is 0.415 e. The molecule has 8 heteroatoms. The van der Waals surface area contributed by atoms with Gasteiger partial charge in [-0.15, -0.1) is 0 Å². The molecule has 0 N–H and O–H groups in total. The summed E-state index contributed by atoms with van der Waals surface area (Å²) >= 11 is 0. The normalized spacial score (nSPS) is 20.9. The van der Waals surface area contributed by atoms with E-state index in [2.05, 4.69) is 23.8 Å². The van der Waals surface area contributed by atoms with Gasteiger partial charge in [-0.3, -0.25) is 4.90 Å². The lowest BCUT2D eigenvalue weighted by Gasteiger charge is -2.33. The van der Waals surface area contributed by atoms with Crippen molar-refractivity contribution in [1.29, 1.82) is 0 Å². The Hall–Kier alpha value is -2.38. The van der Waals surface area contributed by atoms with Gasteiger partial charge in [-0.1, -0.05) is 13.8 Å². The van der Waals surface area contributed by atoms with Gasteiger partial charge in [0.25, 0.3) is 0 Å². The number of carbonyl (C=O) groups excluding carboxylic acids is 2. The van der Waals surface area contributed by atoms with Crippen molar-refractivity contribution in [2.75, 3.05) is 24.6 Å². The summed E-state index contributed by atoms with van der Waals surface area (Å²) in [4.78, 5) is 37.1. The number of aryl methyl sites for hydroxylation is 1. The lowest BCUT2D eigenvalue weighted by molar-refractivity contribution is 0.0204. The van der Waals surface area contributed by atoms with Gasteiger partial charge < -0.3 is 14.4 Å². The summed E-state index contributed by atoms with van der Waals surface area (Å²) in [6, 6.07) is 1.88. The molecule has 0 aliphatic carbocycles. The third-order valence-corrected chi connectivity index (χ3v) is 5.33. The number of nitrogens with zero attached hydrogens (tertiary/aromatic N) is 4. The van der Waals surface area contributed by atoms with Crippen LogP contribution >= 0.6 is 0 Å². The standard InChI is InChI=1S/C21H32N4O4/c1-13(2)17-12-28-20(27)25(17)18-11-16(22-14(3)23-18)15-7-9-24(10-8-15)19(26)29-21(4,5)6/h11,13,15,17H,7-10,12H2,1-6H3. The van der Waals surface area contributed by atoms with Gasteiger partial charge >= 0.3 is 12.2 Å². The average Bonchev–Trinajstić information content (AvgIpc) is 3.02. The second-order valence-electron chi connectivity index (χ2n) is 9.20. The Morgan fingerprint density at radius 3 is 2.48 bits per heavy atom. The van der Waals surface area contributed by atoms with E-state index >= 15 is 0 Å². The summed E-state index contributed by atoms with van der Waals surface area (Å²) in [5, 5.41) is 0. The fraction of sp³-hybridized carbons (Fsp3) is 0.714. The van der Waals surface area contributed by atoms with Crippen molar-refractivity contribution in [2.24, 2.45) is 5.92 Å². The molecule has 3 heterocycles. The summed E-state index contributed by atoms with van der Waals surface area (Å²) in [6.07, 6.45) is 0.975. The Balaban J connectivity index is 1.73. The zero-order valence-corrected chi connectivity index (χ0v) is 18.3. The number of rotatable bonds is 3. The Morgan fingerprint density at radius 2 is 1.90 bits per heavy atom. The van der Waals surface area contributed by atoms with E-state index in [1.807, 2.05) is 33.8 Å². The van der Waals surface area contributed by atoms with Gasteiger partial charge in [0.2, 0.25) is 0 Å². The molecule has 1 atom stereocenters. The number of piperidine rings is 1. The quantitative estimate of drug-likeness (QED) is 0.760.